The van der Waals surface area contributed by atoms with Crippen LogP contribution in [0.25, 0.3) is 11.3 Å². The second-order valence-electron chi connectivity index (χ2n) is 8.54. The smallest absolute Gasteiger partial charge is 0.224 e. The van der Waals surface area contributed by atoms with Crippen LogP contribution >= 0.6 is 0 Å². The van der Waals surface area contributed by atoms with E-state index in [1.807, 2.05) is 30.6 Å². The van der Waals surface area contributed by atoms with E-state index in [1.165, 1.54) is 5.56 Å². The number of aliphatic hydroxyl groups is 1. The van der Waals surface area contributed by atoms with Crippen molar-refractivity contribution >= 4 is 11.8 Å². The Bertz CT molecular complexity index is 989. The molecular weight excluding hydrogens is 414 g/mol. The third-order valence-electron chi connectivity index (χ3n) is 5.87. The molecule has 1 aliphatic carbocycles. The largest absolute Gasteiger partial charge is 0.393 e. The summed E-state index contributed by atoms with van der Waals surface area (Å²) < 4.78 is 0. The minimum Gasteiger partial charge on any atom is -0.393 e. The van der Waals surface area contributed by atoms with Crippen molar-refractivity contribution in [1.29, 1.82) is 0 Å². The average Bonchev–Trinajstić information content (AvgIpc) is 2.85. The van der Waals surface area contributed by atoms with Crippen molar-refractivity contribution < 1.29 is 5.11 Å². The van der Waals surface area contributed by atoms with Crippen LogP contribution in [0.15, 0.2) is 49.1 Å². The second-order valence-corrected chi connectivity index (χ2v) is 8.54. The summed E-state index contributed by atoms with van der Waals surface area (Å²) in [5.74, 6) is 1.41. The normalized spacial score (nSPS) is 18.1. The van der Waals surface area contributed by atoms with Crippen molar-refractivity contribution in [3.8, 4) is 11.3 Å². The Morgan fingerprint density at radius 1 is 0.939 bits per heavy atom. The lowest BCUT2D eigenvalue weighted by Gasteiger charge is -2.27. The Morgan fingerprint density at radius 3 is 2.45 bits per heavy atom. The van der Waals surface area contributed by atoms with Crippen LogP contribution in [0.5, 0.6) is 0 Å². The van der Waals surface area contributed by atoms with E-state index in [0.29, 0.717) is 5.95 Å². The zero-order chi connectivity index (χ0) is 22.9. The molecule has 0 aromatic carbocycles. The van der Waals surface area contributed by atoms with Gasteiger partial charge in [-0.2, -0.15) is 4.98 Å². The maximum Gasteiger partial charge on any atom is 0.224 e. The molecule has 174 valence electrons. The van der Waals surface area contributed by atoms with Gasteiger partial charge in [0.05, 0.1) is 17.4 Å². The summed E-state index contributed by atoms with van der Waals surface area (Å²) in [6.07, 6.45) is 11.7. The van der Waals surface area contributed by atoms with E-state index in [4.69, 9.17) is 9.97 Å². The lowest BCUT2D eigenvalue weighted by molar-refractivity contribution is 0.126. The fraction of sp³-hybridized carbons (Fsp3) is 0.440. The number of pyridine rings is 2. The predicted molar refractivity (Wildman–Crippen MR) is 131 cm³/mol. The molecule has 0 spiro atoms. The van der Waals surface area contributed by atoms with Gasteiger partial charge in [-0.3, -0.25) is 9.97 Å². The first-order chi connectivity index (χ1) is 16.2. The Morgan fingerprint density at radius 2 is 1.73 bits per heavy atom. The molecule has 8 heteroatoms. The number of nitrogens with zero attached hydrogens (tertiary/aromatic N) is 4. The summed E-state index contributed by atoms with van der Waals surface area (Å²) >= 11 is 0. The van der Waals surface area contributed by atoms with E-state index >= 15 is 0 Å². The molecule has 4 rings (SSSR count). The first-order valence-electron chi connectivity index (χ1n) is 11.8. The molecule has 1 aliphatic rings. The van der Waals surface area contributed by atoms with Gasteiger partial charge in [-0.1, -0.05) is 13.0 Å². The molecule has 3 heterocycles. The molecule has 0 radical (unpaired) electrons. The van der Waals surface area contributed by atoms with Crippen LogP contribution in [-0.4, -0.2) is 43.7 Å². The fourth-order valence-corrected chi connectivity index (χ4v) is 3.95. The summed E-state index contributed by atoms with van der Waals surface area (Å²) in [5, 5.41) is 20.1. The predicted octanol–water partition coefficient (Wildman–Crippen LogP) is 3.76. The zero-order valence-corrected chi connectivity index (χ0v) is 19.2. The number of hydrogen-bond acceptors (Lipinski definition) is 8. The molecule has 1 fully saturated rings. The van der Waals surface area contributed by atoms with Crippen LogP contribution in [0.4, 0.5) is 11.8 Å². The molecule has 4 N–H and O–H groups in total. The van der Waals surface area contributed by atoms with Crippen LogP contribution in [0.2, 0.25) is 0 Å². The van der Waals surface area contributed by atoms with Gasteiger partial charge >= 0.3 is 0 Å². The van der Waals surface area contributed by atoms with Crippen LogP contribution in [-0.2, 0) is 13.1 Å². The van der Waals surface area contributed by atoms with Crippen LogP contribution < -0.4 is 16.0 Å². The number of nitrogens with one attached hydrogen (secondary N) is 3. The first-order valence-corrected chi connectivity index (χ1v) is 11.8. The highest BCUT2D eigenvalue weighted by atomic mass is 16.3. The SMILES string of the molecule is CCCNc1ncc(-c2ccc(CNCc3ccncc3)cn2)c(NC2CCC(O)CC2)n1. The maximum absolute atomic E-state index is 9.84. The summed E-state index contributed by atoms with van der Waals surface area (Å²) in [4.78, 5) is 18.0. The Kier molecular flexibility index (Phi) is 8.16. The van der Waals surface area contributed by atoms with Crippen molar-refractivity contribution in [2.24, 2.45) is 0 Å². The van der Waals surface area contributed by atoms with E-state index in [0.717, 1.165) is 74.4 Å². The molecule has 0 atom stereocenters. The number of aromatic nitrogens is 4. The van der Waals surface area contributed by atoms with Crippen LogP contribution in [0.1, 0.15) is 50.2 Å². The molecule has 0 bridgehead atoms. The number of rotatable bonds is 10. The second kappa shape index (κ2) is 11.7. The van der Waals surface area contributed by atoms with E-state index in [-0.39, 0.29) is 12.1 Å². The van der Waals surface area contributed by atoms with Crippen molar-refractivity contribution in [2.75, 3.05) is 17.2 Å². The topological polar surface area (TPSA) is 108 Å². The fourth-order valence-electron chi connectivity index (χ4n) is 3.95. The lowest BCUT2D eigenvalue weighted by Crippen LogP contribution is -2.29. The van der Waals surface area contributed by atoms with Gasteiger partial charge in [0.15, 0.2) is 0 Å². The number of hydrogen-bond donors (Lipinski definition) is 4. The Labute approximate surface area is 195 Å². The van der Waals surface area contributed by atoms with Gasteiger partial charge in [0, 0.05) is 50.5 Å². The summed E-state index contributed by atoms with van der Waals surface area (Å²) in [6.45, 7) is 4.47. The molecule has 0 unspecified atom stereocenters. The van der Waals surface area contributed by atoms with Crippen LogP contribution in [0, 0.1) is 0 Å². The third kappa shape index (κ3) is 6.69. The van der Waals surface area contributed by atoms with E-state index in [9.17, 15) is 5.11 Å². The third-order valence-corrected chi connectivity index (χ3v) is 5.87. The molecule has 33 heavy (non-hydrogen) atoms. The van der Waals surface area contributed by atoms with Crippen molar-refractivity contribution in [3.63, 3.8) is 0 Å². The molecule has 0 aliphatic heterocycles. The van der Waals surface area contributed by atoms with Gasteiger partial charge in [0.2, 0.25) is 5.95 Å². The zero-order valence-electron chi connectivity index (χ0n) is 19.2. The molecular formula is C25H33N7O. The minimum absolute atomic E-state index is 0.184. The number of anilines is 2. The lowest BCUT2D eigenvalue weighted by atomic mass is 9.93. The molecule has 1 saturated carbocycles. The highest BCUT2D eigenvalue weighted by Crippen LogP contribution is 2.29. The maximum atomic E-state index is 9.84. The van der Waals surface area contributed by atoms with Gasteiger partial charge < -0.3 is 21.1 Å². The molecule has 0 saturated heterocycles. The average molecular weight is 448 g/mol. The molecule has 3 aromatic rings. The minimum atomic E-state index is -0.184. The summed E-state index contributed by atoms with van der Waals surface area (Å²) in [5.41, 5.74) is 4.05. The molecule has 3 aromatic heterocycles. The Balaban J connectivity index is 1.45. The highest BCUT2D eigenvalue weighted by Gasteiger charge is 2.21. The van der Waals surface area contributed by atoms with E-state index in [2.05, 4.69) is 38.9 Å². The Hall–Kier alpha value is -3.10. The van der Waals surface area contributed by atoms with Crippen molar-refractivity contribution in [2.45, 2.75) is 64.3 Å². The quantitative estimate of drug-likeness (QED) is 0.372. The highest BCUT2D eigenvalue weighted by molar-refractivity contribution is 5.73. The van der Waals surface area contributed by atoms with Gasteiger partial charge in [0.25, 0.3) is 0 Å². The summed E-state index contributed by atoms with van der Waals surface area (Å²) in [7, 11) is 0. The van der Waals surface area contributed by atoms with Crippen molar-refractivity contribution in [1.82, 2.24) is 25.3 Å². The van der Waals surface area contributed by atoms with Crippen molar-refractivity contribution in [3.05, 3.63) is 60.2 Å². The number of aliphatic hydroxyl groups excluding tert-OH is 1. The van der Waals surface area contributed by atoms with Gasteiger partial charge in [-0.25, -0.2) is 4.98 Å². The van der Waals surface area contributed by atoms with Crippen LogP contribution in [0.3, 0.4) is 0 Å². The van der Waals surface area contributed by atoms with Gasteiger partial charge in [-0.15, -0.1) is 0 Å². The van der Waals surface area contributed by atoms with E-state index < -0.39 is 0 Å². The molecule has 8 nitrogen and oxygen atoms in total. The van der Waals surface area contributed by atoms with E-state index in [1.54, 1.807) is 12.4 Å². The standard InChI is InChI=1S/C25H33N7O/c1-2-11-28-25-30-17-22(24(32-25)31-20-4-6-21(33)7-5-20)23-8-3-19(16-29-23)15-27-14-18-9-12-26-13-10-18/h3,8-10,12-13,16-17,20-21,27,33H,2,4-7,11,14-15H2,1H3,(H2,28,30,31,32). The monoisotopic (exact) mass is 447 g/mol. The van der Waals surface area contributed by atoms with Gasteiger partial charge in [0.1, 0.15) is 5.82 Å². The summed E-state index contributed by atoms with van der Waals surface area (Å²) in [6, 6.07) is 8.42. The first kappa shape index (κ1) is 23.1. The van der Waals surface area contributed by atoms with Gasteiger partial charge in [-0.05, 0) is 61.4 Å². The molecule has 0 amide bonds.